The minimum absolute atomic E-state index is 0.156. The third kappa shape index (κ3) is 4.50. The summed E-state index contributed by atoms with van der Waals surface area (Å²) in [5.74, 6) is 0.348. The van der Waals surface area contributed by atoms with Crippen LogP contribution >= 0.6 is 0 Å². The Morgan fingerprint density at radius 1 is 0.909 bits per heavy atom. The zero-order valence-electron chi connectivity index (χ0n) is 18.2. The number of carbonyl (C=O) groups is 1. The van der Waals surface area contributed by atoms with Crippen molar-refractivity contribution in [2.24, 2.45) is 0 Å². The maximum absolute atomic E-state index is 12.8. The molecule has 0 unspecified atom stereocenters. The van der Waals surface area contributed by atoms with E-state index in [1.807, 2.05) is 49.4 Å². The maximum Gasteiger partial charge on any atom is 0.253 e. The molecule has 5 rings (SSSR count). The third-order valence-electron chi connectivity index (χ3n) is 5.67. The van der Waals surface area contributed by atoms with E-state index < -0.39 is 0 Å². The second-order valence-electron chi connectivity index (χ2n) is 8.17. The molecule has 0 atom stereocenters. The summed E-state index contributed by atoms with van der Waals surface area (Å²) in [6.07, 6.45) is 5.77. The first-order valence-electron chi connectivity index (χ1n) is 10.8. The Labute approximate surface area is 191 Å². The molecule has 0 fully saturated rings. The summed E-state index contributed by atoms with van der Waals surface area (Å²) in [5, 5.41) is 5.99. The van der Waals surface area contributed by atoms with Gasteiger partial charge < -0.3 is 11.1 Å². The molecule has 3 N–H and O–H groups in total. The van der Waals surface area contributed by atoms with Crippen molar-refractivity contribution in [3.63, 3.8) is 0 Å². The Morgan fingerprint density at radius 3 is 2.67 bits per heavy atom. The first-order valence-corrected chi connectivity index (χ1v) is 10.8. The van der Waals surface area contributed by atoms with E-state index in [1.54, 1.807) is 18.6 Å². The zero-order chi connectivity index (χ0) is 22.8. The van der Waals surface area contributed by atoms with Crippen molar-refractivity contribution in [1.82, 2.24) is 20.3 Å². The normalized spacial score (nSPS) is 11.1. The van der Waals surface area contributed by atoms with Gasteiger partial charge in [0.15, 0.2) is 0 Å². The second kappa shape index (κ2) is 8.67. The van der Waals surface area contributed by atoms with Crippen molar-refractivity contribution in [3.8, 4) is 0 Å². The van der Waals surface area contributed by atoms with E-state index in [-0.39, 0.29) is 5.91 Å². The van der Waals surface area contributed by atoms with Crippen molar-refractivity contribution in [1.29, 1.82) is 0 Å². The fraction of sp³-hybridized carbons (Fsp3) is 0.111. The molecule has 0 bridgehead atoms. The number of pyridine rings is 3. The standard InChI is InChI=1S/C27H23N5O/c1-17-2-5-22-11-18(4-7-25(22)32-17)10-20-13-23(16-29-14-20)27(33)31-15-19-3-6-24-21(12-19)8-9-30-26(24)28/h2-9,11-14,16H,10,15H2,1H3,(H2,28,30)(H,31,33). The third-order valence-corrected chi connectivity index (χ3v) is 5.67. The van der Waals surface area contributed by atoms with Gasteiger partial charge in [0.1, 0.15) is 5.82 Å². The number of rotatable bonds is 5. The zero-order valence-corrected chi connectivity index (χ0v) is 18.2. The summed E-state index contributed by atoms with van der Waals surface area (Å²) in [5.41, 5.74) is 11.6. The van der Waals surface area contributed by atoms with E-state index >= 15 is 0 Å². The topological polar surface area (TPSA) is 93.8 Å². The molecule has 1 amide bonds. The van der Waals surface area contributed by atoms with Crippen LogP contribution in [0.3, 0.4) is 0 Å². The molecule has 33 heavy (non-hydrogen) atoms. The number of hydrogen-bond donors (Lipinski definition) is 2. The van der Waals surface area contributed by atoms with Crippen LogP contribution in [0.5, 0.6) is 0 Å². The highest BCUT2D eigenvalue weighted by Gasteiger charge is 2.09. The highest BCUT2D eigenvalue weighted by Crippen LogP contribution is 2.20. The number of amides is 1. The number of benzene rings is 2. The summed E-state index contributed by atoms with van der Waals surface area (Å²) >= 11 is 0. The van der Waals surface area contributed by atoms with Crippen LogP contribution in [0.1, 0.15) is 32.7 Å². The molecule has 162 valence electrons. The molecule has 0 saturated carbocycles. The van der Waals surface area contributed by atoms with Crippen molar-refractivity contribution >= 4 is 33.4 Å². The number of nitrogens with zero attached hydrogens (tertiary/aromatic N) is 3. The minimum atomic E-state index is -0.156. The van der Waals surface area contributed by atoms with Gasteiger partial charge in [-0.2, -0.15) is 0 Å². The van der Waals surface area contributed by atoms with Gasteiger partial charge in [0.25, 0.3) is 5.91 Å². The number of nitrogens with one attached hydrogen (secondary N) is 1. The number of nitrogen functional groups attached to an aromatic ring is 1. The van der Waals surface area contributed by atoms with Crippen LogP contribution in [0.25, 0.3) is 21.7 Å². The summed E-state index contributed by atoms with van der Waals surface area (Å²) in [6, 6.07) is 20.0. The van der Waals surface area contributed by atoms with Gasteiger partial charge in [-0.15, -0.1) is 0 Å². The molecule has 6 nitrogen and oxygen atoms in total. The van der Waals surface area contributed by atoms with Gasteiger partial charge >= 0.3 is 0 Å². The quantitative estimate of drug-likeness (QED) is 0.423. The molecule has 0 radical (unpaired) electrons. The monoisotopic (exact) mass is 433 g/mol. The number of nitrogens with two attached hydrogens (primary N) is 1. The smallest absolute Gasteiger partial charge is 0.253 e. The SMILES string of the molecule is Cc1ccc2cc(Cc3cncc(C(=O)NCc4ccc5c(N)nccc5c4)c3)ccc2n1. The molecule has 0 aliphatic heterocycles. The van der Waals surface area contributed by atoms with Crippen LogP contribution in [0.2, 0.25) is 0 Å². The van der Waals surface area contributed by atoms with Crippen molar-refractivity contribution in [2.45, 2.75) is 19.9 Å². The average Bonchev–Trinajstić information content (AvgIpc) is 2.83. The molecule has 3 aromatic heterocycles. The first kappa shape index (κ1) is 20.6. The summed E-state index contributed by atoms with van der Waals surface area (Å²) in [7, 11) is 0. The van der Waals surface area contributed by atoms with E-state index in [0.717, 1.165) is 44.1 Å². The van der Waals surface area contributed by atoms with Gasteiger partial charge in [-0.3, -0.25) is 14.8 Å². The van der Waals surface area contributed by atoms with Crippen molar-refractivity contribution in [2.75, 3.05) is 5.73 Å². The lowest BCUT2D eigenvalue weighted by Crippen LogP contribution is -2.23. The lowest BCUT2D eigenvalue weighted by molar-refractivity contribution is 0.0950. The Kier molecular flexibility index (Phi) is 5.40. The van der Waals surface area contributed by atoms with Crippen LogP contribution in [-0.4, -0.2) is 20.9 Å². The molecule has 0 aliphatic carbocycles. The van der Waals surface area contributed by atoms with Crippen LogP contribution in [-0.2, 0) is 13.0 Å². The predicted octanol–water partition coefficient (Wildman–Crippen LogP) is 4.59. The Morgan fingerprint density at radius 2 is 1.76 bits per heavy atom. The number of aromatic nitrogens is 3. The van der Waals surface area contributed by atoms with Crippen LogP contribution in [0.4, 0.5) is 5.82 Å². The van der Waals surface area contributed by atoms with E-state index in [1.165, 1.54) is 0 Å². The first-order chi connectivity index (χ1) is 16.0. The lowest BCUT2D eigenvalue weighted by Gasteiger charge is -2.09. The van der Waals surface area contributed by atoms with Crippen LogP contribution in [0, 0.1) is 6.92 Å². The minimum Gasteiger partial charge on any atom is -0.383 e. The molecular formula is C27H23N5O. The fourth-order valence-corrected chi connectivity index (χ4v) is 3.98. The van der Waals surface area contributed by atoms with Crippen LogP contribution < -0.4 is 11.1 Å². The highest BCUT2D eigenvalue weighted by atomic mass is 16.1. The molecule has 3 heterocycles. The van der Waals surface area contributed by atoms with E-state index in [0.29, 0.717) is 24.3 Å². The van der Waals surface area contributed by atoms with Gasteiger partial charge in [-0.05, 0) is 71.8 Å². The molecule has 0 aliphatic rings. The van der Waals surface area contributed by atoms with Gasteiger partial charge in [-0.1, -0.05) is 24.3 Å². The van der Waals surface area contributed by atoms with E-state index in [4.69, 9.17) is 5.73 Å². The number of anilines is 1. The molecule has 0 spiro atoms. The number of hydrogen-bond acceptors (Lipinski definition) is 5. The van der Waals surface area contributed by atoms with Gasteiger partial charge in [0.2, 0.25) is 0 Å². The number of fused-ring (bicyclic) bond motifs is 2. The molecular weight excluding hydrogens is 410 g/mol. The average molecular weight is 434 g/mol. The van der Waals surface area contributed by atoms with Crippen molar-refractivity contribution < 1.29 is 4.79 Å². The van der Waals surface area contributed by atoms with Gasteiger partial charge in [0.05, 0.1) is 11.1 Å². The van der Waals surface area contributed by atoms with E-state index in [2.05, 4.69) is 38.5 Å². The Bertz CT molecular complexity index is 1500. The Balaban J connectivity index is 1.28. The van der Waals surface area contributed by atoms with Gasteiger partial charge in [0, 0.05) is 41.6 Å². The van der Waals surface area contributed by atoms with Gasteiger partial charge in [-0.25, -0.2) is 4.98 Å². The molecule has 5 aromatic rings. The predicted molar refractivity (Wildman–Crippen MR) is 131 cm³/mol. The molecule has 6 heteroatoms. The molecule has 0 saturated heterocycles. The van der Waals surface area contributed by atoms with Crippen molar-refractivity contribution in [3.05, 3.63) is 107 Å². The number of carbonyl (C=O) groups excluding carboxylic acids is 1. The molecule has 2 aromatic carbocycles. The maximum atomic E-state index is 12.8. The largest absolute Gasteiger partial charge is 0.383 e. The van der Waals surface area contributed by atoms with Crippen LogP contribution in [0.15, 0.2) is 79.3 Å². The highest BCUT2D eigenvalue weighted by molar-refractivity contribution is 5.94. The second-order valence-corrected chi connectivity index (χ2v) is 8.17. The fourth-order valence-electron chi connectivity index (χ4n) is 3.98. The van der Waals surface area contributed by atoms with E-state index in [9.17, 15) is 4.79 Å². The lowest BCUT2D eigenvalue weighted by atomic mass is 10.0. The summed E-state index contributed by atoms with van der Waals surface area (Å²) in [4.78, 5) is 25.7. The Hall–Kier alpha value is -4.32. The summed E-state index contributed by atoms with van der Waals surface area (Å²) < 4.78 is 0. The summed E-state index contributed by atoms with van der Waals surface area (Å²) in [6.45, 7) is 2.40. The number of aryl methyl sites for hydroxylation is 1.